The summed E-state index contributed by atoms with van der Waals surface area (Å²) >= 11 is 1.28. The van der Waals surface area contributed by atoms with Crippen molar-refractivity contribution in [3.05, 3.63) is 17.0 Å². The van der Waals surface area contributed by atoms with Crippen LogP contribution in [0.2, 0.25) is 0 Å². The average molecular weight is 301 g/mol. The minimum absolute atomic E-state index is 0.265. The standard InChI is InChI=1S/C12H15NO4S2/c1-12(11(14)15)6-7-13(12)19(16,17)10-5-4-9(18-10)8-2-3-8/h4-5,8H,2-3,6-7H2,1H3,(H,14,15). The lowest BCUT2D eigenvalue weighted by atomic mass is 9.90. The maximum atomic E-state index is 12.5. The molecule has 19 heavy (non-hydrogen) atoms. The largest absolute Gasteiger partial charge is 0.480 e. The maximum Gasteiger partial charge on any atom is 0.324 e. The van der Waals surface area contributed by atoms with E-state index in [2.05, 4.69) is 0 Å². The number of rotatable bonds is 4. The molecule has 1 atom stereocenters. The fourth-order valence-corrected chi connectivity index (χ4v) is 5.68. The van der Waals surface area contributed by atoms with E-state index in [1.165, 1.54) is 18.3 Å². The van der Waals surface area contributed by atoms with E-state index in [1.807, 2.05) is 6.07 Å². The Morgan fingerprint density at radius 2 is 2.16 bits per heavy atom. The Morgan fingerprint density at radius 3 is 2.63 bits per heavy atom. The first-order chi connectivity index (χ1) is 8.85. The third kappa shape index (κ3) is 1.91. The van der Waals surface area contributed by atoms with Gasteiger partial charge in [-0.05, 0) is 44.2 Å². The smallest absolute Gasteiger partial charge is 0.324 e. The van der Waals surface area contributed by atoms with Gasteiger partial charge in [0, 0.05) is 11.4 Å². The SMILES string of the molecule is CC1(C(=O)O)CCN1S(=O)(=O)c1ccc(C2CC2)s1. The molecule has 3 rings (SSSR count). The number of carboxylic acid groups (broad SMARTS) is 1. The van der Waals surface area contributed by atoms with E-state index in [-0.39, 0.29) is 10.8 Å². The molecule has 104 valence electrons. The minimum atomic E-state index is -3.67. The third-order valence-corrected chi connectivity index (χ3v) is 7.67. The van der Waals surface area contributed by atoms with Gasteiger partial charge in [0.1, 0.15) is 9.75 Å². The molecule has 2 heterocycles. The van der Waals surface area contributed by atoms with Crippen LogP contribution >= 0.6 is 11.3 Å². The zero-order valence-corrected chi connectivity index (χ0v) is 12.1. The van der Waals surface area contributed by atoms with Crippen LogP contribution in [-0.4, -0.2) is 35.9 Å². The van der Waals surface area contributed by atoms with Crippen molar-refractivity contribution in [2.24, 2.45) is 0 Å². The van der Waals surface area contributed by atoms with Crippen molar-refractivity contribution in [2.45, 2.75) is 41.9 Å². The average Bonchev–Trinajstić information content (AvgIpc) is 3.03. The van der Waals surface area contributed by atoms with E-state index in [1.54, 1.807) is 6.07 Å². The number of carboxylic acids is 1. The quantitative estimate of drug-likeness (QED) is 0.921. The highest BCUT2D eigenvalue weighted by atomic mass is 32.2. The molecule has 7 heteroatoms. The van der Waals surface area contributed by atoms with Crippen LogP contribution in [0.5, 0.6) is 0 Å². The molecule has 0 spiro atoms. The number of hydrogen-bond acceptors (Lipinski definition) is 4. The first kappa shape index (κ1) is 13.1. The van der Waals surface area contributed by atoms with Crippen molar-refractivity contribution >= 4 is 27.3 Å². The van der Waals surface area contributed by atoms with E-state index in [9.17, 15) is 18.3 Å². The highest BCUT2D eigenvalue weighted by molar-refractivity contribution is 7.91. The fraction of sp³-hybridized carbons (Fsp3) is 0.583. The number of thiophene rings is 1. The van der Waals surface area contributed by atoms with Gasteiger partial charge in [-0.2, -0.15) is 4.31 Å². The van der Waals surface area contributed by atoms with Gasteiger partial charge in [0.15, 0.2) is 0 Å². The van der Waals surface area contributed by atoms with E-state index < -0.39 is 21.5 Å². The Balaban J connectivity index is 1.91. The summed E-state index contributed by atoms with van der Waals surface area (Å²) in [5.74, 6) is -0.572. The molecule has 1 saturated heterocycles. The predicted molar refractivity (Wildman–Crippen MR) is 70.8 cm³/mol. The Morgan fingerprint density at radius 1 is 1.47 bits per heavy atom. The second-order valence-electron chi connectivity index (χ2n) is 5.34. The summed E-state index contributed by atoms with van der Waals surface area (Å²) in [4.78, 5) is 12.3. The lowest BCUT2D eigenvalue weighted by Crippen LogP contribution is -2.64. The lowest BCUT2D eigenvalue weighted by Gasteiger charge is -2.45. The molecule has 0 radical (unpaired) electrons. The first-order valence-electron chi connectivity index (χ1n) is 6.22. The topological polar surface area (TPSA) is 74.7 Å². The van der Waals surface area contributed by atoms with Crippen LogP contribution in [0.1, 0.15) is 37.0 Å². The summed E-state index contributed by atoms with van der Waals surface area (Å²) in [7, 11) is -3.67. The number of carbonyl (C=O) groups is 1. The molecule has 1 aromatic heterocycles. The van der Waals surface area contributed by atoms with Gasteiger partial charge in [-0.1, -0.05) is 0 Å². The van der Waals surface area contributed by atoms with Gasteiger partial charge in [0.25, 0.3) is 10.0 Å². The van der Waals surface area contributed by atoms with E-state index in [0.29, 0.717) is 12.3 Å². The highest BCUT2D eigenvalue weighted by Gasteiger charge is 2.54. The molecule has 1 aliphatic heterocycles. The monoisotopic (exact) mass is 301 g/mol. The van der Waals surface area contributed by atoms with E-state index in [4.69, 9.17) is 0 Å². The second-order valence-corrected chi connectivity index (χ2v) is 8.54. The Hall–Kier alpha value is -0.920. The molecule has 1 aliphatic carbocycles. The molecule has 1 saturated carbocycles. The highest BCUT2D eigenvalue weighted by Crippen LogP contribution is 2.45. The van der Waals surface area contributed by atoms with Crippen molar-refractivity contribution in [3.63, 3.8) is 0 Å². The molecule has 1 aromatic rings. The van der Waals surface area contributed by atoms with Gasteiger partial charge >= 0.3 is 5.97 Å². The molecule has 2 fully saturated rings. The van der Waals surface area contributed by atoms with Crippen LogP contribution in [0.15, 0.2) is 16.3 Å². The molecule has 2 aliphatic rings. The van der Waals surface area contributed by atoms with Crippen molar-refractivity contribution in [3.8, 4) is 0 Å². The molecular formula is C12H15NO4S2. The van der Waals surface area contributed by atoms with Crippen LogP contribution in [0.25, 0.3) is 0 Å². The van der Waals surface area contributed by atoms with Crippen molar-refractivity contribution in [1.29, 1.82) is 0 Å². The molecular weight excluding hydrogens is 286 g/mol. The van der Waals surface area contributed by atoms with Crippen LogP contribution in [0.3, 0.4) is 0 Å². The normalized spacial score (nSPS) is 28.1. The van der Waals surface area contributed by atoms with Crippen LogP contribution in [0, 0.1) is 0 Å². The van der Waals surface area contributed by atoms with Gasteiger partial charge < -0.3 is 5.11 Å². The summed E-state index contributed by atoms with van der Waals surface area (Å²) in [6, 6.07) is 3.46. The van der Waals surface area contributed by atoms with E-state index >= 15 is 0 Å². The van der Waals surface area contributed by atoms with Gasteiger partial charge in [-0.15, -0.1) is 11.3 Å². The molecule has 0 amide bonds. The second kappa shape index (κ2) is 4.04. The molecule has 5 nitrogen and oxygen atoms in total. The lowest BCUT2D eigenvalue weighted by molar-refractivity contribution is -0.153. The fourth-order valence-electron chi connectivity index (χ4n) is 2.31. The molecule has 0 aromatic carbocycles. The maximum absolute atomic E-state index is 12.5. The van der Waals surface area contributed by atoms with Gasteiger partial charge in [-0.25, -0.2) is 8.42 Å². The van der Waals surface area contributed by atoms with Crippen molar-refractivity contribution in [2.75, 3.05) is 6.54 Å². The van der Waals surface area contributed by atoms with Crippen LogP contribution in [0.4, 0.5) is 0 Å². The van der Waals surface area contributed by atoms with Crippen molar-refractivity contribution < 1.29 is 18.3 Å². The van der Waals surface area contributed by atoms with Gasteiger partial charge in [-0.3, -0.25) is 4.79 Å². The number of aliphatic carboxylic acids is 1. The van der Waals surface area contributed by atoms with E-state index in [0.717, 1.165) is 22.0 Å². The molecule has 0 bridgehead atoms. The summed E-state index contributed by atoms with van der Waals surface area (Å²) < 4.78 is 26.3. The number of sulfonamides is 1. The zero-order chi connectivity index (χ0) is 13.8. The summed E-state index contributed by atoms with van der Waals surface area (Å²) in [6.45, 7) is 1.74. The van der Waals surface area contributed by atoms with Crippen LogP contribution in [-0.2, 0) is 14.8 Å². The predicted octanol–water partition coefficient (Wildman–Crippen LogP) is 1.86. The van der Waals surface area contributed by atoms with Crippen LogP contribution < -0.4 is 0 Å². The Labute approximate surface area is 115 Å². The zero-order valence-electron chi connectivity index (χ0n) is 10.5. The number of nitrogens with zero attached hydrogens (tertiary/aromatic N) is 1. The van der Waals surface area contributed by atoms with Gasteiger partial charge in [0.05, 0.1) is 0 Å². The Bertz CT molecular complexity index is 632. The first-order valence-corrected chi connectivity index (χ1v) is 8.47. The molecule has 1 N–H and O–H groups in total. The third-order valence-electron chi connectivity index (χ3n) is 3.94. The van der Waals surface area contributed by atoms with Gasteiger partial charge in [0.2, 0.25) is 0 Å². The summed E-state index contributed by atoms with van der Waals surface area (Å²) in [6.07, 6.45) is 2.61. The molecule has 1 unspecified atom stereocenters. The number of hydrogen-bond donors (Lipinski definition) is 1. The minimum Gasteiger partial charge on any atom is -0.480 e. The summed E-state index contributed by atoms with van der Waals surface area (Å²) in [5.41, 5.74) is -1.29. The summed E-state index contributed by atoms with van der Waals surface area (Å²) in [5, 5.41) is 9.17. The Kier molecular flexibility index (Phi) is 2.78. The van der Waals surface area contributed by atoms with Crippen molar-refractivity contribution in [1.82, 2.24) is 4.31 Å².